The second-order valence-corrected chi connectivity index (χ2v) is 5.94. The number of amides is 2. The molecule has 2 aromatic carbocycles. The molecule has 8 nitrogen and oxygen atoms in total. The number of hydrogen-bond donors (Lipinski definition) is 5. The van der Waals surface area contributed by atoms with Crippen LogP contribution in [0.3, 0.4) is 0 Å². The van der Waals surface area contributed by atoms with Crippen molar-refractivity contribution >= 4 is 34.9 Å². The number of nitrogens with two attached hydrogens (primary N) is 3. The number of primary amides is 1. The molecule has 0 spiro atoms. The maximum Gasteiger partial charge on any atom is 0.255 e. The molecule has 0 saturated carbocycles. The summed E-state index contributed by atoms with van der Waals surface area (Å²) in [4.78, 5) is 23.2. The van der Waals surface area contributed by atoms with Gasteiger partial charge in [0.05, 0.1) is 10.7 Å². The lowest BCUT2D eigenvalue weighted by Crippen LogP contribution is -2.25. The average molecular weight is 394 g/mol. The Balaban J connectivity index is 2.19. The highest BCUT2D eigenvalue weighted by molar-refractivity contribution is 6.31. The Labute approximate surface area is 158 Å². The number of ether oxygens (including phenoxy) is 1. The van der Waals surface area contributed by atoms with Gasteiger partial charge in [0, 0.05) is 23.2 Å². The Kier molecular flexibility index (Phi) is 6.19. The zero-order valence-corrected chi connectivity index (χ0v) is 14.8. The number of carbonyl (C=O) groups is 2. The number of hydrogen-bond acceptors (Lipinski definition) is 5. The molecule has 0 heterocycles. The van der Waals surface area contributed by atoms with Crippen molar-refractivity contribution in [2.75, 3.05) is 12.3 Å². The van der Waals surface area contributed by atoms with Crippen LogP contribution in [0.4, 0.5) is 10.1 Å². The smallest absolute Gasteiger partial charge is 0.255 e. The predicted molar refractivity (Wildman–Crippen MR) is 99.1 cm³/mol. The van der Waals surface area contributed by atoms with E-state index in [2.05, 4.69) is 5.32 Å². The summed E-state index contributed by atoms with van der Waals surface area (Å²) in [5, 5.41) is 9.81. The fourth-order valence-electron chi connectivity index (χ4n) is 2.17. The number of rotatable bonds is 7. The number of anilines is 1. The topological polar surface area (TPSA) is 157 Å². The number of carbonyl (C=O) groups excluding carboxylic acids is 2. The third kappa shape index (κ3) is 5.08. The number of nitrogen functional groups attached to an aromatic ring is 2. The minimum Gasteiger partial charge on any atom is -0.483 e. The number of benzene rings is 2. The summed E-state index contributed by atoms with van der Waals surface area (Å²) in [6.45, 7) is -0.369. The van der Waals surface area contributed by atoms with Gasteiger partial charge in [-0.3, -0.25) is 15.0 Å². The molecule has 2 amide bonds. The van der Waals surface area contributed by atoms with Crippen LogP contribution in [0.15, 0.2) is 30.3 Å². The zero-order valence-electron chi connectivity index (χ0n) is 14.0. The molecule has 0 saturated heterocycles. The lowest BCUT2D eigenvalue weighted by atomic mass is 10.1. The molecule has 2 rings (SSSR count). The Morgan fingerprint density at radius 1 is 1.19 bits per heavy atom. The van der Waals surface area contributed by atoms with Crippen molar-refractivity contribution in [1.82, 2.24) is 5.32 Å². The monoisotopic (exact) mass is 393 g/mol. The van der Waals surface area contributed by atoms with Crippen molar-refractivity contribution in [1.29, 1.82) is 5.41 Å². The number of nitrogens with one attached hydrogen (secondary N) is 2. The number of halogens is 2. The molecule has 142 valence electrons. The quantitative estimate of drug-likeness (QED) is 0.271. The van der Waals surface area contributed by atoms with E-state index in [0.717, 1.165) is 6.07 Å². The van der Waals surface area contributed by atoms with Gasteiger partial charge in [-0.2, -0.15) is 0 Å². The Hall–Kier alpha value is -3.33. The first-order valence-corrected chi connectivity index (χ1v) is 7.98. The van der Waals surface area contributed by atoms with E-state index in [1.807, 2.05) is 0 Å². The maximum absolute atomic E-state index is 13.5. The standard InChI is InChI=1S/C17H17ClFN5O3/c18-11-3-10(4-12(20)15(11)19)17(26)24-6-9-2-1-8(16(22)23)5-13(9)27-7-14(21)25/h1-5H,6-7,20H2,(H2,21,25)(H3,22,23)(H,24,26). The molecule has 8 N–H and O–H groups in total. The molecule has 10 heteroatoms. The Morgan fingerprint density at radius 3 is 2.48 bits per heavy atom. The molecule has 0 unspecified atom stereocenters. The van der Waals surface area contributed by atoms with Crippen LogP contribution in [0.5, 0.6) is 5.75 Å². The molecule has 0 atom stereocenters. The van der Waals surface area contributed by atoms with Crippen molar-refractivity contribution < 1.29 is 18.7 Å². The molecular formula is C17H17ClFN5O3. The van der Waals surface area contributed by atoms with Gasteiger partial charge >= 0.3 is 0 Å². The van der Waals surface area contributed by atoms with Gasteiger partial charge in [0.2, 0.25) is 0 Å². The molecule has 0 fully saturated rings. The molecular weight excluding hydrogens is 377 g/mol. The third-order valence-corrected chi connectivity index (χ3v) is 3.78. The molecule has 0 bridgehead atoms. The van der Waals surface area contributed by atoms with E-state index in [9.17, 15) is 14.0 Å². The van der Waals surface area contributed by atoms with Crippen molar-refractivity contribution in [3.05, 3.63) is 57.9 Å². The van der Waals surface area contributed by atoms with Crippen LogP contribution in [-0.4, -0.2) is 24.3 Å². The lowest BCUT2D eigenvalue weighted by molar-refractivity contribution is -0.119. The van der Waals surface area contributed by atoms with E-state index in [1.165, 1.54) is 12.1 Å². The predicted octanol–water partition coefficient (Wildman–Crippen LogP) is 1.14. The van der Waals surface area contributed by atoms with Crippen LogP contribution in [0.2, 0.25) is 5.02 Å². The fourth-order valence-corrected chi connectivity index (χ4v) is 2.40. The summed E-state index contributed by atoms with van der Waals surface area (Å²) in [6, 6.07) is 6.93. The highest BCUT2D eigenvalue weighted by Gasteiger charge is 2.14. The first kappa shape index (κ1) is 20.0. The Bertz CT molecular complexity index is 896. The summed E-state index contributed by atoms with van der Waals surface area (Å²) < 4.78 is 18.8. The first-order valence-electron chi connectivity index (χ1n) is 7.60. The second kappa shape index (κ2) is 8.37. The molecule has 0 aliphatic rings. The molecule has 0 aliphatic heterocycles. The lowest BCUT2D eigenvalue weighted by Gasteiger charge is -2.13. The maximum atomic E-state index is 13.5. The molecule has 27 heavy (non-hydrogen) atoms. The van der Waals surface area contributed by atoms with Gasteiger partial charge in [-0.05, 0) is 18.2 Å². The minimum atomic E-state index is -0.796. The van der Waals surface area contributed by atoms with E-state index in [0.29, 0.717) is 11.1 Å². The third-order valence-electron chi connectivity index (χ3n) is 3.51. The molecule has 0 radical (unpaired) electrons. The van der Waals surface area contributed by atoms with Crippen LogP contribution in [0, 0.1) is 11.2 Å². The summed E-state index contributed by atoms with van der Waals surface area (Å²) in [5.41, 5.74) is 16.7. The Morgan fingerprint density at radius 2 is 1.89 bits per heavy atom. The van der Waals surface area contributed by atoms with Crippen LogP contribution >= 0.6 is 11.6 Å². The highest BCUT2D eigenvalue weighted by Crippen LogP contribution is 2.23. The van der Waals surface area contributed by atoms with Gasteiger partial charge in [0.1, 0.15) is 11.6 Å². The minimum absolute atomic E-state index is 0.0139. The SMILES string of the molecule is N=C(N)c1ccc(CNC(=O)c2cc(N)c(F)c(Cl)c2)c(OCC(N)=O)c1. The first-order chi connectivity index (χ1) is 12.7. The van der Waals surface area contributed by atoms with Gasteiger partial charge in [0.15, 0.2) is 12.4 Å². The highest BCUT2D eigenvalue weighted by atomic mass is 35.5. The van der Waals surface area contributed by atoms with Crippen LogP contribution in [-0.2, 0) is 11.3 Å². The van der Waals surface area contributed by atoms with Crippen molar-refractivity contribution in [2.45, 2.75) is 6.54 Å². The average Bonchev–Trinajstić information content (AvgIpc) is 2.62. The van der Waals surface area contributed by atoms with Crippen molar-refractivity contribution in [3.8, 4) is 5.75 Å². The van der Waals surface area contributed by atoms with Gasteiger partial charge in [0.25, 0.3) is 11.8 Å². The van der Waals surface area contributed by atoms with Crippen LogP contribution < -0.4 is 27.3 Å². The normalized spacial score (nSPS) is 10.3. The van der Waals surface area contributed by atoms with Crippen molar-refractivity contribution in [3.63, 3.8) is 0 Å². The number of amidine groups is 1. The summed E-state index contributed by atoms with van der Waals surface area (Å²) in [5.74, 6) is -1.98. The summed E-state index contributed by atoms with van der Waals surface area (Å²) >= 11 is 5.69. The molecule has 0 aliphatic carbocycles. The van der Waals surface area contributed by atoms with Crippen molar-refractivity contribution in [2.24, 2.45) is 11.5 Å². The summed E-state index contributed by atoms with van der Waals surface area (Å²) in [6.07, 6.45) is 0. The van der Waals surface area contributed by atoms with E-state index in [4.69, 9.17) is 38.9 Å². The van der Waals surface area contributed by atoms with Gasteiger partial charge in [-0.25, -0.2) is 4.39 Å². The molecule has 0 aromatic heterocycles. The van der Waals surface area contributed by atoms with Crippen LogP contribution in [0.25, 0.3) is 0 Å². The van der Waals surface area contributed by atoms with E-state index in [-0.39, 0.29) is 41.0 Å². The van der Waals surface area contributed by atoms with Gasteiger partial charge in [-0.15, -0.1) is 0 Å². The second-order valence-electron chi connectivity index (χ2n) is 5.54. The zero-order chi connectivity index (χ0) is 20.1. The largest absolute Gasteiger partial charge is 0.483 e. The molecule has 2 aromatic rings. The fraction of sp³-hybridized carbons (Fsp3) is 0.118. The van der Waals surface area contributed by atoms with Gasteiger partial charge < -0.3 is 27.3 Å². The summed E-state index contributed by atoms with van der Waals surface area (Å²) in [7, 11) is 0. The van der Waals surface area contributed by atoms with E-state index < -0.39 is 17.6 Å². The van der Waals surface area contributed by atoms with E-state index in [1.54, 1.807) is 12.1 Å². The van der Waals surface area contributed by atoms with Gasteiger partial charge in [-0.1, -0.05) is 23.7 Å². The van der Waals surface area contributed by atoms with Crippen LogP contribution in [0.1, 0.15) is 21.5 Å². The van der Waals surface area contributed by atoms with E-state index >= 15 is 0 Å².